The van der Waals surface area contributed by atoms with Gasteiger partial charge in [-0.2, -0.15) is 23.4 Å². The molecule has 0 amide bonds. The molecule has 0 aliphatic heterocycles. The number of alkyl halides is 3. The van der Waals surface area contributed by atoms with E-state index in [0.29, 0.717) is 6.07 Å². The fourth-order valence-corrected chi connectivity index (χ4v) is 2.33. The number of ether oxygens (including phenoxy) is 2. The van der Waals surface area contributed by atoms with Crippen LogP contribution in [0.5, 0.6) is 23.3 Å². The summed E-state index contributed by atoms with van der Waals surface area (Å²) in [5.41, 5.74) is -1.25. The molecule has 4 nitrogen and oxygen atoms in total. The Kier molecular flexibility index (Phi) is 5.37. The summed E-state index contributed by atoms with van der Waals surface area (Å²) >= 11 is 0. The molecule has 0 saturated carbocycles. The highest BCUT2D eigenvalue weighted by atomic mass is 19.4. The van der Waals surface area contributed by atoms with Crippen molar-refractivity contribution in [1.29, 1.82) is 5.26 Å². The second kappa shape index (κ2) is 7.75. The molecule has 0 bridgehead atoms. The first-order valence-electron chi connectivity index (χ1n) is 8.07. The Morgan fingerprint density at radius 3 is 2.00 bits per heavy atom. The number of halogens is 5. The van der Waals surface area contributed by atoms with E-state index < -0.39 is 40.7 Å². The molecule has 1 aromatic heterocycles. The Morgan fingerprint density at radius 1 is 0.897 bits per heavy atom. The van der Waals surface area contributed by atoms with Gasteiger partial charge in [0.25, 0.3) is 11.8 Å². The number of aromatic nitrogens is 1. The predicted octanol–water partition coefficient (Wildman–Crippen LogP) is 6.14. The first-order valence-corrected chi connectivity index (χ1v) is 8.07. The van der Waals surface area contributed by atoms with Crippen molar-refractivity contribution in [3.05, 3.63) is 76.9 Å². The Hall–Kier alpha value is -3.67. The number of rotatable bonds is 4. The summed E-state index contributed by atoms with van der Waals surface area (Å²) in [6.07, 6.45) is -4.62. The molecule has 0 spiro atoms. The summed E-state index contributed by atoms with van der Waals surface area (Å²) in [5.74, 6) is -3.98. The molecule has 2 aromatic carbocycles. The molecule has 0 N–H and O–H groups in total. The molecule has 3 aromatic rings. The van der Waals surface area contributed by atoms with Crippen LogP contribution in [0.25, 0.3) is 0 Å². The van der Waals surface area contributed by atoms with Gasteiger partial charge < -0.3 is 9.47 Å². The van der Waals surface area contributed by atoms with Crippen LogP contribution in [-0.4, -0.2) is 4.98 Å². The molecular formula is C20H11F5N2O2. The van der Waals surface area contributed by atoms with Crippen molar-refractivity contribution in [2.45, 2.75) is 13.1 Å². The van der Waals surface area contributed by atoms with E-state index in [0.717, 1.165) is 19.1 Å². The Balaban J connectivity index is 1.97. The van der Waals surface area contributed by atoms with Crippen molar-refractivity contribution in [1.82, 2.24) is 4.98 Å². The number of benzene rings is 2. The SMILES string of the molecule is Cc1c(F)c(Oc2cccc(C#N)c2)nc(Oc2cccc(C(F)(F)F)c2)c1F. The molecule has 9 heteroatoms. The third kappa shape index (κ3) is 4.43. The largest absolute Gasteiger partial charge is 0.436 e. The number of nitrogens with zero attached hydrogens (tertiary/aromatic N) is 2. The van der Waals surface area contributed by atoms with E-state index in [4.69, 9.17) is 14.7 Å². The fourth-order valence-electron chi connectivity index (χ4n) is 2.33. The smallest absolute Gasteiger partial charge is 0.416 e. The van der Waals surface area contributed by atoms with Crippen LogP contribution in [0.15, 0.2) is 48.5 Å². The van der Waals surface area contributed by atoms with E-state index in [-0.39, 0.29) is 17.1 Å². The summed E-state index contributed by atoms with van der Waals surface area (Å²) in [6, 6.07) is 11.3. The molecule has 29 heavy (non-hydrogen) atoms. The number of hydrogen-bond acceptors (Lipinski definition) is 4. The lowest BCUT2D eigenvalue weighted by Gasteiger charge is -2.13. The highest BCUT2D eigenvalue weighted by Gasteiger charge is 2.31. The molecule has 0 atom stereocenters. The first kappa shape index (κ1) is 20.1. The molecule has 0 radical (unpaired) electrons. The van der Waals surface area contributed by atoms with Crippen LogP contribution in [0.2, 0.25) is 0 Å². The predicted molar refractivity (Wildman–Crippen MR) is 91.6 cm³/mol. The van der Waals surface area contributed by atoms with E-state index in [2.05, 4.69) is 4.98 Å². The molecular weight excluding hydrogens is 395 g/mol. The van der Waals surface area contributed by atoms with Gasteiger partial charge in [-0.05, 0) is 43.3 Å². The minimum atomic E-state index is -4.62. The van der Waals surface area contributed by atoms with E-state index in [9.17, 15) is 22.0 Å². The van der Waals surface area contributed by atoms with Crippen LogP contribution in [0.4, 0.5) is 22.0 Å². The van der Waals surface area contributed by atoms with Crippen molar-refractivity contribution < 1.29 is 31.4 Å². The van der Waals surface area contributed by atoms with Gasteiger partial charge in [0.2, 0.25) is 0 Å². The molecule has 3 rings (SSSR count). The van der Waals surface area contributed by atoms with Crippen molar-refractivity contribution in [2.24, 2.45) is 0 Å². The van der Waals surface area contributed by atoms with E-state index >= 15 is 0 Å². The van der Waals surface area contributed by atoms with Crippen molar-refractivity contribution in [2.75, 3.05) is 0 Å². The zero-order valence-corrected chi connectivity index (χ0v) is 14.7. The minimum Gasteiger partial charge on any atom is -0.436 e. The first-order chi connectivity index (χ1) is 13.7. The summed E-state index contributed by atoms with van der Waals surface area (Å²) in [7, 11) is 0. The third-order valence-corrected chi connectivity index (χ3v) is 3.79. The number of pyridine rings is 1. The highest BCUT2D eigenvalue weighted by Crippen LogP contribution is 2.35. The van der Waals surface area contributed by atoms with Gasteiger partial charge >= 0.3 is 6.18 Å². The van der Waals surface area contributed by atoms with Gasteiger partial charge in [0.15, 0.2) is 11.6 Å². The van der Waals surface area contributed by atoms with Gasteiger partial charge in [-0.1, -0.05) is 12.1 Å². The van der Waals surface area contributed by atoms with E-state index in [1.54, 1.807) is 0 Å². The summed E-state index contributed by atoms with van der Waals surface area (Å²) in [6.45, 7) is 1.10. The summed E-state index contributed by atoms with van der Waals surface area (Å²) < 4.78 is 77.6. The van der Waals surface area contributed by atoms with Crippen molar-refractivity contribution >= 4 is 0 Å². The number of hydrogen-bond donors (Lipinski definition) is 0. The van der Waals surface area contributed by atoms with E-state index in [1.165, 1.54) is 30.3 Å². The average Bonchev–Trinajstić information content (AvgIpc) is 2.69. The quantitative estimate of drug-likeness (QED) is 0.488. The fraction of sp³-hybridized carbons (Fsp3) is 0.100. The van der Waals surface area contributed by atoms with Crippen LogP contribution in [0, 0.1) is 29.9 Å². The maximum absolute atomic E-state index is 14.4. The van der Waals surface area contributed by atoms with E-state index in [1.807, 2.05) is 6.07 Å². The standard InChI is InChI=1S/C20H11F5N2O2/c1-11-16(21)18(28-14-6-2-4-12(8-14)10-26)27-19(17(11)22)29-15-7-3-5-13(9-15)20(23,24)25/h2-9H,1H3. The van der Waals surface area contributed by atoms with Crippen LogP contribution in [-0.2, 0) is 6.18 Å². The lowest BCUT2D eigenvalue weighted by molar-refractivity contribution is -0.137. The van der Waals surface area contributed by atoms with Crippen molar-refractivity contribution in [3.63, 3.8) is 0 Å². The van der Waals surface area contributed by atoms with Crippen LogP contribution >= 0.6 is 0 Å². The lowest BCUT2D eigenvalue weighted by Crippen LogP contribution is -2.05. The molecule has 0 aliphatic rings. The second-order valence-electron chi connectivity index (χ2n) is 5.84. The Bertz CT molecular complexity index is 1110. The zero-order chi connectivity index (χ0) is 21.2. The summed E-state index contributed by atoms with van der Waals surface area (Å²) in [5, 5.41) is 8.91. The molecule has 0 unspecified atom stereocenters. The van der Waals surface area contributed by atoms with Gasteiger partial charge in [0, 0.05) is 5.56 Å². The van der Waals surface area contributed by atoms with Crippen molar-refractivity contribution in [3.8, 4) is 29.3 Å². The maximum Gasteiger partial charge on any atom is 0.416 e. The molecule has 0 aliphatic carbocycles. The second-order valence-corrected chi connectivity index (χ2v) is 5.84. The number of nitriles is 1. The monoisotopic (exact) mass is 406 g/mol. The van der Waals surface area contributed by atoms with Crippen LogP contribution < -0.4 is 9.47 Å². The van der Waals surface area contributed by atoms with Gasteiger partial charge in [-0.25, -0.2) is 8.78 Å². The van der Waals surface area contributed by atoms with Gasteiger partial charge in [-0.3, -0.25) is 0 Å². The van der Waals surface area contributed by atoms with Crippen LogP contribution in [0.3, 0.4) is 0 Å². The molecule has 0 saturated heterocycles. The van der Waals surface area contributed by atoms with Gasteiger partial charge in [-0.15, -0.1) is 0 Å². The normalized spacial score (nSPS) is 11.1. The highest BCUT2D eigenvalue weighted by molar-refractivity contribution is 5.41. The maximum atomic E-state index is 14.4. The van der Waals surface area contributed by atoms with Gasteiger partial charge in [0.05, 0.1) is 17.2 Å². The minimum absolute atomic E-state index is 0.0616. The Labute approximate surface area is 161 Å². The van der Waals surface area contributed by atoms with Gasteiger partial charge in [0.1, 0.15) is 11.5 Å². The Morgan fingerprint density at radius 2 is 1.45 bits per heavy atom. The molecule has 1 heterocycles. The average molecular weight is 406 g/mol. The van der Waals surface area contributed by atoms with Crippen LogP contribution in [0.1, 0.15) is 16.7 Å². The summed E-state index contributed by atoms with van der Waals surface area (Å²) in [4.78, 5) is 3.61. The molecule has 0 fully saturated rings. The lowest BCUT2D eigenvalue weighted by atomic mass is 10.2. The zero-order valence-electron chi connectivity index (χ0n) is 14.7. The topological polar surface area (TPSA) is 55.1 Å². The molecule has 148 valence electrons. The third-order valence-electron chi connectivity index (χ3n) is 3.79.